The molecule has 108 valence electrons. The van der Waals surface area contributed by atoms with Crippen LogP contribution in [0.15, 0.2) is 30.3 Å². The summed E-state index contributed by atoms with van der Waals surface area (Å²) in [6, 6.07) is 6.04. The molecule has 4 nitrogen and oxygen atoms in total. The SMILES string of the molecule is CC1CN(C(=O)/C=C/c2cccc(F)c2)CC(CO)O1. The maximum Gasteiger partial charge on any atom is 0.246 e. The quantitative estimate of drug-likeness (QED) is 0.852. The number of nitrogens with zero attached hydrogens (tertiary/aromatic N) is 1. The van der Waals surface area contributed by atoms with Crippen molar-refractivity contribution >= 4 is 12.0 Å². The van der Waals surface area contributed by atoms with Gasteiger partial charge in [-0.1, -0.05) is 12.1 Å². The second-order valence-corrected chi connectivity index (χ2v) is 4.88. The molecular formula is C15H18FNO3. The van der Waals surface area contributed by atoms with Gasteiger partial charge in [-0.05, 0) is 30.7 Å². The molecule has 0 saturated carbocycles. The van der Waals surface area contributed by atoms with Crippen molar-refractivity contribution in [2.45, 2.75) is 19.1 Å². The third-order valence-corrected chi connectivity index (χ3v) is 3.11. The summed E-state index contributed by atoms with van der Waals surface area (Å²) in [6.07, 6.45) is 2.55. The Balaban J connectivity index is 2.00. The number of carbonyl (C=O) groups is 1. The van der Waals surface area contributed by atoms with Crippen molar-refractivity contribution in [3.8, 4) is 0 Å². The largest absolute Gasteiger partial charge is 0.394 e. The molecule has 1 amide bonds. The molecule has 2 rings (SSSR count). The van der Waals surface area contributed by atoms with E-state index in [2.05, 4.69) is 0 Å². The van der Waals surface area contributed by atoms with Gasteiger partial charge in [0, 0.05) is 19.2 Å². The van der Waals surface area contributed by atoms with Crippen LogP contribution in [0.2, 0.25) is 0 Å². The highest BCUT2D eigenvalue weighted by atomic mass is 19.1. The molecule has 0 bridgehead atoms. The van der Waals surface area contributed by atoms with E-state index in [0.717, 1.165) is 0 Å². The Bertz CT molecular complexity index is 504. The van der Waals surface area contributed by atoms with Crippen LogP contribution in [0.3, 0.4) is 0 Å². The molecule has 1 saturated heterocycles. The van der Waals surface area contributed by atoms with Crippen LogP contribution in [0.4, 0.5) is 4.39 Å². The zero-order valence-electron chi connectivity index (χ0n) is 11.3. The van der Waals surface area contributed by atoms with Gasteiger partial charge >= 0.3 is 0 Å². The number of ether oxygens (including phenoxy) is 1. The number of benzene rings is 1. The Kier molecular flexibility index (Phi) is 4.87. The second kappa shape index (κ2) is 6.63. The van der Waals surface area contributed by atoms with Gasteiger partial charge < -0.3 is 14.7 Å². The van der Waals surface area contributed by atoms with Gasteiger partial charge in [0.05, 0.1) is 18.8 Å². The molecule has 0 aliphatic carbocycles. The highest BCUT2D eigenvalue weighted by Crippen LogP contribution is 2.12. The Labute approximate surface area is 117 Å². The van der Waals surface area contributed by atoms with E-state index >= 15 is 0 Å². The first-order valence-electron chi connectivity index (χ1n) is 6.57. The van der Waals surface area contributed by atoms with Gasteiger partial charge in [-0.3, -0.25) is 4.79 Å². The number of rotatable bonds is 3. The summed E-state index contributed by atoms with van der Waals surface area (Å²) in [5.74, 6) is -0.497. The number of hydrogen-bond donors (Lipinski definition) is 1. The van der Waals surface area contributed by atoms with Gasteiger partial charge in [0.15, 0.2) is 0 Å². The lowest BCUT2D eigenvalue weighted by molar-refractivity contribution is -0.142. The van der Waals surface area contributed by atoms with Crippen molar-refractivity contribution in [2.24, 2.45) is 0 Å². The molecule has 1 aromatic rings. The van der Waals surface area contributed by atoms with E-state index in [-0.39, 0.29) is 30.5 Å². The number of amides is 1. The molecule has 1 aliphatic heterocycles. The predicted octanol–water partition coefficient (Wildman–Crippen LogP) is 1.45. The highest BCUT2D eigenvalue weighted by Gasteiger charge is 2.26. The molecule has 20 heavy (non-hydrogen) atoms. The van der Waals surface area contributed by atoms with Gasteiger partial charge in [-0.2, -0.15) is 0 Å². The van der Waals surface area contributed by atoms with Gasteiger partial charge in [0.1, 0.15) is 5.82 Å². The summed E-state index contributed by atoms with van der Waals surface area (Å²) < 4.78 is 18.5. The minimum absolute atomic E-state index is 0.104. The van der Waals surface area contributed by atoms with Crippen molar-refractivity contribution in [2.75, 3.05) is 19.7 Å². The molecule has 1 N–H and O–H groups in total. The molecular weight excluding hydrogens is 261 g/mol. The Morgan fingerprint density at radius 3 is 3.05 bits per heavy atom. The summed E-state index contributed by atoms with van der Waals surface area (Å²) >= 11 is 0. The molecule has 2 unspecified atom stereocenters. The van der Waals surface area contributed by atoms with E-state index < -0.39 is 0 Å². The number of morpholine rings is 1. The van der Waals surface area contributed by atoms with Gasteiger partial charge in [0.25, 0.3) is 0 Å². The van der Waals surface area contributed by atoms with Gasteiger partial charge in [-0.15, -0.1) is 0 Å². The van der Waals surface area contributed by atoms with Crippen LogP contribution in [0.25, 0.3) is 6.08 Å². The molecule has 0 aromatic heterocycles. The van der Waals surface area contributed by atoms with E-state index in [1.165, 1.54) is 18.2 Å². The zero-order valence-corrected chi connectivity index (χ0v) is 11.3. The summed E-state index contributed by atoms with van der Waals surface area (Å²) in [5.41, 5.74) is 0.637. The number of halogens is 1. The van der Waals surface area contributed by atoms with Crippen molar-refractivity contribution in [1.82, 2.24) is 4.90 Å². The Hall–Kier alpha value is -1.72. The third-order valence-electron chi connectivity index (χ3n) is 3.11. The van der Waals surface area contributed by atoms with E-state index in [1.54, 1.807) is 23.1 Å². The smallest absolute Gasteiger partial charge is 0.246 e. The van der Waals surface area contributed by atoms with Crippen LogP contribution in [0, 0.1) is 5.82 Å². The second-order valence-electron chi connectivity index (χ2n) is 4.88. The first-order chi connectivity index (χ1) is 9.58. The highest BCUT2D eigenvalue weighted by molar-refractivity contribution is 5.91. The third kappa shape index (κ3) is 3.88. The van der Waals surface area contributed by atoms with Crippen molar-refractivity contribution < 1.29 is 19.0 Å². The maximum absolute atomic E-state index is 13.0. The Morgan fingerprint density at radius 2 is 2.35 bits per heavy atom. The monoisotopic (exact) mass is 279 g/mol. The zero-order chi connectivity index (χ0) is 14.5. The summed E-state index contributed by atoms with van der Waals surface area (Å²) in [7, 11) is 0. The van der Waals surface area contributed by atoms with Crippen LogP contribution >= 0.6 is 0 Å². The van der Waals surface area contributed by atoms with E-state index in [1.807, 2.05) is 6.92 Å². The summed E-state index contributed by atoms with van der Waals surface area (Å²) in [6.45, 7) is 2.61. The minimum atomic E-state index is -0.342. The average molecular weight is 279 g/mol. The topological polar surface area (TPSA) is 49.8 Å². The summed E-state index contributed by atoms with van der Waals surface area (Å²) in [5, 5.41) is 9.12. The molecule has 1 heterocycles. The number of carbonyl (C=O) groups excluding carboxylic acids is 1. The molecule has 0 radical (unpaired) electrons. The molecule has 1 fully saturated rings. The van der Waals surface area contributed by atoms with Crippen molar-refractivity contribution in [1.29, 1.82) is 0 Å². The summed E-state index contributed by atoms with van der Waals surface area (Å²) in [4.78, 5) is 13.7. The van der Waals surface area contributed by atoms with E-state index in [0.29, 0.717) is 18.7 Å². The Morgan fingerprint density at radius 1 is 1.55 bits per heavy atom. The van der Waals surface area contributed by atoms with Crippen LogP contribution < -0.4 is 0 Å². The standard InChI is InChI=1S/C15H18FNO3/c1-11-8-17(9-14(10-18)20-11)15(19)6-5-12-3-2-4-13(16)7-12/h2-7,11,14,18H,8-10H2,1H3/b6-5+. The van der Waals surface area contributed by atoms with Crippen molar-refractivity contribution in [3.05, 3.63) is 41.7 Å². The lowest BCUT2D eigenvalue weighted by atomic mass is 10.2. The molecule has 2 atom stereocenters. The van der Waals surface area contributed by atoms with Crippen LogP contribution in [0.1, 0.15) is 12.5 Å². The number of aliphatic hydroxyl groups excluding tert-OH is 1. The normalized spacial score (nSPS) is 23.2. The first kappa shape index (κ1) is 14.7. The van der Waals surface area contributed by atoms with Crippen LogP contribution in [0.5, 0.6) is 0 Å². The number of aliphatic hydroxyl groups is 1. The van der Waals surface area contributed by atoms with Crippen molar-refractivity contribution in [3.63, 3.8) is 0 Å². The van der Waals surface area contributed by atoms with E-state index in [4.69, 9.17) is 9.84 Å². The molecule has 0 spiro atoms. The number of hydrogen-bond acceptors (Lipinski definition) is 3. The first-order valence-corrected chi connectivity index (χ1v) is 6.57. The average Bonchev–Trinajstić information content (AvgIpc) is 2.44. The van der Waals surface area contributed by atoms with Gasteiger partial charge in [-0.25, -0.2) is 4.39 Å². The predicted molar refractivity (Wildman–Crippen MR) is 73.4 cm³/mol. The van der Waals surface area contributed by atoms with Crippen LogP contribution in [-0.4, -0.2) is 47.8 Å². The van der Waals surface area contributed by atoms with E-state index in [9.17, 15) is 9.18 Å². The fourth-order valence-corrected chi connectivity index (χ4v) is 2.21. The lowest BCUT2D eigenvalue weighted by Crippen LogP contribution is -2.49. The van der Waals surface area contributed by atoms with Gasteiger partial charge in [0.2, 0.25) is 5.91 Å². The fraction of sp³-hybridized carbons (Fsp3) is 0.400. The maximum atomic E-state index is 13.0. The fourth-order valence-electron chi connectivity index (χ4n) is 2.21. The molecule has 5 heteroatoms. The lowest BCUT2D eigenvalue weighted by Gasteiger charge is -2.35. The van der Waals surface area contributed by atoms with Crippen LogP contribution in [-0.2, 0) is 9.53 Å². The molecule has 1 aliphatic rings. The minimum Gasteiger partial charge on any atom is -0.394 e. The molecule has 1 aromatic carbocycles.